The highest BCUT2D eigenvalue weighted by molar-refractivity contribution is 6.30. The van der Waals surface area contributed by atoms with Gasteiger partial charge in [0.05, 0.1) is 6.67 Å². The van der Waals surface area contributed by atoms with Crippen LogP contribution in [0.5, 0.6) is 0 Å². The summed E-state index contributed by atoms with van der Waals surface area (Å²) in [6.45, 7) is 5.01. The highest BCUT2D eigenvalue weighted by Gasteiger charge is 2.28. The Morgan fingerprint density at radius 3 is 2.39 bits per heavy atom. The van der Waals surface area contributed by atoms with Gasteiger partial charge in [-0.2, -0.15) is 0 Å². The van der Waals surface area contributed by atoms with Gasteiger partial charge >= 0.3 is 0 Å². The molecule has 0 amide bonds. The molecule has 3 aromatic carbocycles. The number of aryl methyl sites for hydroxylation is 1. The zero-order chi connectivity index (χ0) is 22.8. The summed E-state index contributed by atoms with van der Waals surface area (Å²) in [5.41, 5.74) is 9.53. The molecule has 1 aliphatic heterocycles. The van der Waals surface area contributed by atoms with E-state index in [1.54, 1.807) is 0 Å². The van der Waals surface area contributed by atoms with Crippen molar-refractivity contribution in [2.75, 3.05) is 26.3 Å². The number of halogens is 2. The highest BCUT2D eigenvalue weighted by Crippen LogP contribution is 2.45. The fourth-order valence-corrected chi connectivity index (χ4v) is 5.63. The van der Waals surface area contributed by atoms with E-state index in [0.717, 1.165) is 43.9 Å². The average molecular weight is 460 g/mol. The summed E-state index contributed by atoms with van der Waals surface area (Å²) in [7, 11) is 0. The Kier molecular flexibility index (Phi) is 6.66. The predicted molar refractivity (Wildman–Crippen MR) is 137 cm³/mol. The first-order valence-electron chi connectivity index (χ1n) is 12.0. The second kappa shape index (κ2) is 9.83. The lowest BCUT2D eigenvalue weighted by atomic mass is 9.73. The van der Waals surface area contributed by atoms with Gasteiger partial charge in [0.25, 0.3) is 0 Å². The number of hydrogen-bond acceptors (Lipinski definition) is 1. The van der Waals surface area contributed by atoms with E-state index >= 15 is 0 Å². The Morgan fingerprint density at radius 2 is 1.67 bits per heavy atom. The van der Waals surface area contributed by atoms with Crippen molar-refractivity contribution < 1.29 is 4.39 Å². The Bertz CT molecular complexity index is 1130. The number of nitrogens with zero attached hydrogens (tertiary/aromatic N) is 1. The Hall–Kier alpha value is -2.42. The molecule has 1 aliphatic carbocycles. The molecule has 1 saturated heterocycles. The molecule has 0 radical (unpaired) electrons. The Morgan fingerprint density at radius 1 is 0.939 bits per heavy atom. The third-order valence-electron chi connectivity index (χ3n) is 7.33. The van der Waals surface area contributed by atoms with Crippen LogP contribution in [0.15, 0.2) is 72.8 Å². The second-order valence-electron chi connectivity index (χ2n) is 9.58. The molecule has 1 heterocycles. The highest BCUT2D eigenvalue weighted by atomic mass is 35.5. The molecular weight excluding hydrogens is 429 g/mol. The molecule has 5 rings (SSSR count). The molecule has 2 aliphatic rings. The van der Waals surface area contributed by atoms with Crippen LogP contribution >= 0.6 is 11.6 Å². The van der Waals surface area contributed by atoms with Gasteiger partial charge in [0, 0.05) is 29.9 Å². The van der Waals surface area contributed by atoms with Gasteiger partial charge in [-0.05, 0) is 83.8 Å². The summed E-state index contributed by atoms with van der Waals surface area (Å²) < 4.78 is 12.6. The molecule has 3 aromatic rings. The smallest absolute Gasteiger partial charge is 0.0947 e. The largest absolute Gasteiger partial charge is 0.302 e. The van der Waals surface area contributed by atoms with E-state index in [1.165, 1.54) is 39.0 Å². The van der Waals surface area contributed by atoms with Crippen LogP contribution in [0, 0.1) is 5.92 Å². The van der Waals surface area contributed by atoms with Crippen molar-refractivity contribution in [2.45, 2.75) is 32.1 Å². The third kappa shape index (κ3) is 4.78. The molecule has 1 fully saturated rings. The van der Waals surface area contributed by atoms with Gasteiger partial charge in [-0.3, -0.25) is 4.39 Å². The predicted octanol–water partition coefficient (Wildman–Crippen LogP) is 7.44. The van der Waals surface area contributed by atoms with E-state index in [0.29, 0.717) is 5.92 Å². The van der Waals surface area contributed by atoms with Crippen molar-refractivity contribution in [3.8, 4) is 0 Å². The van der Waals surface area contributed by atoms with E-state index in [-0.39, 0.29) is 12.6 Å². The fraction of sp³-hybridized carbons (Fsp3) is 0.333. The molecule has 0 unspecified atom stereocenters. The van der Waals surface area contributed by atoms with Crippen molar-refractivity contribution in [2.24, 2.45) is 5.92 Å². The van der Waals surface area contributed by atoms with Crippen LogP contribution in [0.4, 0.5) is 4.39 Å². The number of benzene rings is 3. The normalized spacial score (nSPS) is 18.8. The molecule has 0 N–H and O–H groups in total. The maximum atomic E-state index is 12.6. The minimum absolute atomic E-state index is 0.171. The van der Waals surface area contributed by atoms with Gasteiger partial charge in [0.2, 0.25) is 0 Å². The molecule has 0 bridgehead atoms. The summed E-state index contributed by atoms with van der Waals surface area (Å²) in [5, 5.41) is 0.771. The molecule has 33 heavy (non-hydrogen) atoms. The molecule has 0 aromatic heterocycles. The number of allylic oxidation sites excluding steroid dienone is 2. The first kappa shape index (κ1) is 22.4. The molecule has 1 nitrogen and oxygen atoms in total. The summed E-state index contributed by atoms with van der Waals surface area (Å²) in [6.07, 6.45) is 3.21. The van der Waals surface area contributed by atoms with Crippen LogP contribution in [0.1, 0.15) is 47.1 Å². The van der Waals surface area contributed by atoms with E-state index < -0.39 is 0 Å². The number of likely N-dealkylation sites (tertiary alicyclic amines) is 1. The van der Waals surface area contributed by atoms with Crippen LogP contribution in [0.3, 0.4) is 0 Å². The van der Waals surface area contributed by atoms with E-state index in [9.17, 15) is 4.39 Å². The van der Waals surface area contributed by atoms with E-state index in [2.05, 4.69) is 72.5 Å². The van der Waals surface area contributed by atoms with Gasteiger partial charge in [-0.1, -0.05) is 72.3 Å². The first-order valence-corrected chi connectivity index (χ1v) is 12.4. The standard InChI is InChI=1S/C30H31ClFN/c1-21-28-7-3-2-6-26(28)17-29(30(21)25-12-14-27(31)15-13-25)24-10-8-22(9-11-24)5-4-16-33-19-23(18-32)20-33/h2-3,6-15,23,29H,4-5,16-20H2,1H3/t29-/m0/s1. The summed E-state index contributed by atoms with van der Waals surface area (Å²) >= 11 is 6.19. The molecular formula is C30H31ClFN. The lowest BCUT2D eigenvalue weighted by Gasteiger charge is -2.37. The second-order valence-corrected chi connectivity index (χ2v) is 10.0. The van der Waals surface area contributed by atoms with Crippen molar-refractivity contribution in [1.29, 1.82) is 0 Å². The number of rotatable bonds is 7. The number of alkyl halides is 1. The summed E-state index contributed by atoms with van der Waals surface area (Å²) in [4.78, 5) is 2.37. The van der Waals surface area contributed by atoms with Gasteiger partial charge < -0.3 is 4.90 Å². The quantitative estimate of drug-likeness (QED) is 0.354. The minimum atomic E-state index is -0.171. The number of fused-ring (bicyclic) bond motifs is 1. The van der Waals surface area contributed by atoms with Gasteiger partial charge in [-0.25, -0.2) is 0 Å². The van der Waals surface area contributed by atoms with Crippen LogP contribution in [0.2, 0.25) is 5.02 Å². The molecule has 0 spiro atoms. The van der Waals surface area contributed by atoms with Gasteiger partial charge in [0.15, 0.2) is 0 Å². The number of hydrogen-bond donors (Lipinski definition) is 0. The third-order valence-corrected chi connectivity index (χ3v) is 7.58. The summed E-state index contributed by atoms with van der Waals surface area (Å²) in [5.74, 6) is 0.602. The zero-order valence-corrected chi connectivity index (χ0v) is 20.0. The summed E-state index contributed by atoms with van der Waals surface area (Å²) in [6, 6.07) is 26.3. The SMILES string of the molecule is CC1=C(c2ccc(Cl)cc2)[C@H](c2ccc(CCCN3CC(CF)C3)cc2)Cc2ccccc21. The molecule has 1 atom stereocenters. The van der Waals surface area contributed by atoms with Gasteiger partial charge in [0.1, 0.15) is 0 Å². The molecule has 0 saturated carbocycles. The Labute approximate surface area is 201 Å². The molecule has 3 heteroatoms. The van der Waals surface area contributed by atoms with Crippen molar-refractivity contribution in [3.05, 3.63) is 106 Å². The minimum Gasteiger partial charge on any atom is -0.302 e. The maximum Gasteiger partial charge on any atom is 0.0947 e. The molecule has 170 valence electrons. The van der Waals surface area contributed by atoms with Crippen molar-refractivity contribution >= 4 is 22.7 Å². The average Bonchev–Trinajstić information content (AvgIpc) is 2.82. The monoisotopic (exact) mass is 459 g/mol. The van der Waals surface area contributed by atoms with Crippen LogP contribution in [0.25, 0.3) is 11.1 Å². The fourth-order valence-electron chi connectivity index (χ4n) is 5.50. The van der Waals surface area contributed by atoms with Crippen molar-refractivity contribution in [3.63, 3.8) is 0 Å². The Balaban J connectivity index is 1.36. The van der Waals surface area contributed by atoms with Crippen LogP contribution in [-0.4, -0.2) is 31.2 Å². The van der Waals surface area contributed by atoms with E-state index in [4.69, 9.17) is 11.6 Å². The van der Waals surface area contributed by atoms with Crippen molar-refractivity contribution in [1.82, 2.24) is 4.90 Å². The zero-order valence-electron chi connectivity index (χ0n) is 19.2. The van der Waals surface area contributed by atoms with Crippen LogP contribution < -0.4 is 0 Å². The first-order chi connectivity index (χ1) is 16.1. The maximum absolute atomic E-state index is 12.6. The van der Waals surface area contributed by atoms with E-state index in [1.807, 2.05) is 12.1 Å². The lowest BCUT2D eigenvalue weighted by molar-refractivity contribution is 0.0801. The lowest BCUT2D eigenvalue weighted by Crippen LogP contribution is -2.47. The van der Waals surface area contributed by atoms with Crippen LogP contribution in [-0.2, 0) is 12.8 Å². The van der Waals surface area contributed by atoms with Gasteiger partial charge in [-0.15, -0.1) is 0 Å². The topological polar surface area (TPSA) is 3.24 Å².